The highest BCUT2D eigenvalue weighted by Crippen LogP contribution is 2.26. The van der Waals surface area contributed by atoms with Crippen LogP contribution >= 0.6 is 0 Å². The van der Waals surface area contributed by atoms with Crippen molar-refractivity contribution in [3.05, 3.63) is 24.3 Å². The summed E-state index contributed by atoms with van der Waals surface area (Å²) in [5, 5.41) is 14.7. The Morgan fingerprint density at radius 1 is 1.17 bits per heavy atom. The first-order valence-electron chi connectivity index (χ1n) is 7.40. The summed E-state index contributed by atoms with van der Waals surface area (Å²) >= 11 is 0. The number of hydrogen-bond donors (Lipinski definition) is 2. The third-order valence-electron chi connectivity index (χ3n) is 3.82. The Bertz CT molecular complexity index is 659. The fourth-order valence-electron chi connectivity index (χ4n) is 2.76. The molecule has 136 valence electrons. The maximum absolute atomic E-state index is 12.2. The second-order valence-corrected chi connectivity index (χ2v) is 7.30. The van der Waals surface area contributed by atoms with Gasteiger partial charge in [-0.2, -0.15) is 13.2 Å². The number of anilines is 1. The summed E-state index contributed by atoms with van der Waals surface area (Å²) in [5.74, 6) is 0. The minimum absolute atomic E-state index is 0.0237. The van der Waals surface area contributed by atoms with E-state index in [0.29, 0.717) is 31.9 Å². The van der Waals surface area contributed by atoms with Crippen molar-refractivity contribution in [3.8, 4) is 0 Å². The molecule has 0 saturated carbocycles. The summed E-state index contributed by atoms with van der Waals surface area (Å²) in [6, 6.07) is 6.34. The molecule has 3 N–H and O–H groups in total. The number of aliphatic hydroxyl groups is 1. The smallest absolute Gasteiger partial charge is 0.391 e. The average molecular weight is 367 g/mol. The number of primary sulfonamides is 1. The van der Waals surface area contributed by atoms with E-state index in [1.54, 1.807) is 23.1 Å². The molecule has 1 aromatic rings. The van der Waals surface area contributed by atoms with Crippen molar-refractivity contribution in [2.45, 2.75) is 23.6 Å². The van der Waals surface area contributed by atoms with E-state index in [0.717, 1.165) is 0 Å². The first-order valence-corrected chi connectivity index (χ1v) is 8.95. The van der Waals surface area contributed by atoms with Crippen molar-refractivity contribution in [1.82, 2.24) is 4.90 Å². The van der Waals surface area contributed by atoms with Gasteiger partial charge in [-0.3, -0.25) is 4.90 Å². The summed E-state index contributed by atoms with van der Waals surface area (Å²) in [6.45, 7) is 1.66. The van der Waals surface area contributed by atoms with Gasteiger partial charge in [0.25, 0.3) is 0 Å². The second kappa shape index (κ2) is 7.26. The molecule has 0 aliphatic carbocycles. The summed E-state index contributed by atoms with van der Waals surface area (Å²) in [4.78, 5) is 3.58. The minimum atomic E-state index is -4.39. The van der Waals surface area contributed by atoms with Gasteiger partial charge in [0.2, 0.25) is 10.0 Å². The molecule has 24 heavy (non-hydrogen) atoms. The molecule has 1 aliphatic rings. The van der Waals surface area contributed by atoms with Crippen molar-refractivity contribution in [2.24, 2.45) is 5.14 Å². The normalized spacial score (nSPS) is 18.6. The zero-order chi connectivity index (χ0) is 18.0. The molecule has 1 atom stereocenters. The lowest BCUT2D eigenvalue weighted by molar-refractivity contribution is -0.155. The van der Waals surface area contributed by atoms with Crippen molar-refractivity contribution < 1.29 is 26.7 Å². The van der Waals surface area contributed by atoms with Gasteiger partial charge in [-0.15, -0.1) is 0 Å². The van der Waals surface area contributed by atoms with Crippen LogP contribution in [0.1, 0.15) is 6.42 Å². The lowest BCUT2D eigenvalue weighted by Crippen LogP contribution is -2.49. The van der Waals surface area contributed by atoms with Gasteiger partial charge in [0, 0.05) is 32.7 Å². The number of halogens is 3. The predicted octanol–water partition coefficient (Wildman–Crippen LogP) is 0.769. The molecule has 0 unspecified atom stereocenters. The molecule has 1 saturated heterocycles. The molecule has 1 heterocycles. The van der Waals surface area contributed by atoms with E-state index in [1.165, 1.54) is 6.07 Å². The van der Waals surface area contributed by atoms with Crippen LogP contribution in [0.2, 0.25) is 0 Å². The zero-order valence-electron chi connectivity index (χ0n) is 12.9. The molecule has 0 radical (unpaired) electrons. The zero-order valence-corrected chi connectivity index (χ0v) is 13.7. The van der Waals surface area contributed by atoms with Gasteiger partial charge in [0.05, 0.1) is 18.2 Å². The highest BCUT2D eigenvalue weighted by molar-refractivity contribution is 7.89. The van der Waals surface area contributed by atoms with Crippen LogP contribution in [0.25, 0.3) is 0 Å². The van der Waals surface area contributed by atoms with Crippen molar-refractivity contribution in [1.29, 1.82) is 0 Å². The van der Waals surface area contributed by atoms with Crippen LogP contribution in [0.15, 0.2) is 29.2 Å². The van der Waals surface area contributed by atoms with Gasteiger partial charge in [-0.25, -0.2) is 13.6 Å². The first kappa shape index (κ1) is 19.0. The third-order valence-corrected chi connectivity index (χ3v) is 4.78. The predicted molar refractivity (Wildman–Crippen MR) is 83.1 cm³/mol. The molecular weight excluding hydrogens is 347 g/mol. The van der Waals surface area contributed by atoms with Crippen LogP contribution < -0.4 is 10.0 Å². The number of alkyl halides is 3. The van der Waals surface area contributed by atoms with E-state index in [4.69, 9.17) is 5.14 Å². The topological polar surface area (TPSA) is 86.9 Å². The lowest BCUT2D eigenvalue weighted by atomic mass is 10.2. The molecular formula is C14H20F3N3O3S. The average Bonchev–Trinajstić information content (AvgIpc) is 2.45. The van der Waals surface area contributed by atoms with Crippen LogP contribution in [-0.2, 0) is 10.0 Å². The standard InChI is InChI=1S/C14H20F3N3O3S/c15-14(16,17)9-11(21)10-19-5-7-20(8-6-19)12-3-1-2-4-13(12)24(18,22)23/h1-4,11,21H,5-10H2,(H2,18,22,23)/t11-/m1/s1. The van der Waals surface area contributed by atoms with Crippen LogP contribution in [-0.4, -0.2) is 63.4 Å². The first-order chi connectivity index (χ1) is 11.1. The minimum Gasteiger partial charge on any atom is -0.391 e. The number of β-amino-alcohol motifs (C(OH)–C–C–N with tert-alkyl or cyclic N) is 1. The van der Waals surface area contributed by atoms with Gasteiger partial charge < -0.3 is 10.0 Å². The van der Waals surface area contributed by atoms with Crippen molar-refractivity contribution in [3.63, 3.8) is 0 Å². The number of piperazine rings is 1. The SMILES string of the molecule is NS(=O)(=O)c1ccccc1N1CCN(C[C@H](O)CC(F)(F)F)CC1. The van der Waals surface area contributed by atoms with Crippen molar-refractivity contribution in [2.75, 3.05) is 37.6 Å². The van der Waals surface area contributed by atoms with Gasteiger partial charge in [-0.05, 0) is 12.1 Å². The van der Waals surface area contributed by atoms with E-state index in [2.05, 4.69) is 0 Å². The second-order valence-electron chi connectivity index (χ2n) is 5.77. The highest BCUT2D eigenvalue weighted by Gasteiger charge is 2.32. The largest absolute Gasteiger partial charge is 0.391 e. The molecule has 1 fully saturated rings. The van der Waals surface area contributed by atoms with E-state index >= 15 is 0 Å². The van der Waals surface area contributed by atoms with Crippen LogP contribution in [0, 0.1) is 0 Å². The Kier molecular flexibility index (Phi) is 5.74. The monoisotopic (exact) mass is 367 g/mol. The van der Waals surface area contributed by atoms with Crippen LogP contribution in [0.4, 0.5) is 18.9 Å². The maximum atomic E-state index is 12.2. The van der Waals surface area contributed by atoms with E-state index in [9.17, 15) is 26.7 Å². The number of sulfonamides is 1. The summed E-state index contributed by atoms with van der Waals surface area (Å²) in [6.07, 6.45) is -7.09. The highest BCUT2D eigenvalue weighted by atomic mass is 32.2. The van der Waals surface area contributed by atoms with Gasteiger partial charge in [-0.1, -0.05) is 12.1 Å². The number of benzene rings is 1. The van der Waals surface area contributed by atoms with E-state index < -0.39 is 28.7 Å². The molecule has 2 rings (SSSR count). The number of para-hydroxylation sites is 1. The summed E-state index contributed by atoms with van der Waals surface area (Å²) < 4.78 is 60.0. The Morgan fingerprint density at radius 3 is 2.29 bits per heavy atom. The molecule has 0 aromatic heterocycles. The fourth-order valence-corrected chi connectivity index (χ4v) is 3.52. The number of hydrogen-bond acceptors (Lipinski definition) is 5. The van der Waals surface area contributed by atoms with E-state index in [1.807, 2.05) is 4.90 Å². The number of rotatable bonds is 5. The molecule has 0 bridgehead atoms. The molecule has 0 spiro atoms. The quantitative estimate of drug-likeness (QED) is 0.803. The lowest BCUT2D eigenvalue weighted by Gasteiger charge is -2.37. The Balaban J connectivity index is 1.97. The molecule has 1 aliphatic heterocycles. The fraction of sp³-hybridized carbons (Fsp3) is 0.571. The van der Waals surface area contributed by atoms with Crippen molar-refractivity contribution >= 4 is 15.7 Å². The number of aliphatic hydroxyl groups excluding tert-OH is 1. The molecule has 0 amide bonds. The van der Waals surface area contributed by atoms with Crippen LogP contribution in [0.3, 0.4) is 0 Å². The Labute approximate surface area is 138 Å². The third kappa shape index (κ3) is 5.33. The summed E-state index contributed by atoms with van der Waals surface area (Å²) in [7, 11) is -3.86. The van der Waals surface area contributed by atoms with Gasteiger partial charge in [0.1, 0.15) is 4.90 Å². The summed E-state index contributed by atoms with van der Waals surface area (Å²) in [5.41, 5.74) is 0.482. The molecule has 1 aromatic carbocycles. The van der Waals surface area contributed by atoms with Gasteiger partial charge in [0.15, 0.2) is 0 Å². The Hall–Kier alpha value is -1.36. The van der Waals surface area contributed by atoms with Gasteiger partial charge >= 0.3 is 6.18 Å². The molecule has 10 heteroatoms. The van der Waals surface area contributed by atoms with E-state index in [-0.39, 0.29) is 11.4 Å². The maximum Gasteiger partial charge on any atom is 0.391 e. The Morgan fingerprint density at radius 2 is 1.75 bits per heavy atom. The van der Waals surface area contributed by atoms with Crippen LogP contribution in [0.5, 0.6) is 0 Å². The number of nitrogens with zero attached hydrogens (tertiary/aromatic N) is 2. The number of nitrogens with two attached hydrogens (primary N) is 1. The molecule has 6 nitrogen and oxygen atoms in total.